The molecule has 0 saturated heterocycles. The van der Waals surface area contributed by atoms with Crippen molar-refractivity contribution >= 4 is 18.1 Å². The van der Waals surface area contributed by atoms with E-state index < -0.39 is 23.1 Å². The molecule has 2 N–H and O–H groups in total. The third kappa shape index (κ3) is 1.98. The van der Waals surface area contributed by atoms with Crippen LogP contribution in [-0.2, 0) is 9.59 Å². The highest BCUT2D eigenvalue weighted by Gasteiger charge is 2.43. The zero-order chi connectivity index (χ0) is 12.5. The summed E-state index contributed by atoms with van der Waals surface area (Å²) in [6.45, 7) is 5.30. The van der Waals surface area contributed by atoms with Crippen LogP contribution in [0.4, 0.5) is 0 Å². The number of aliphatic imine (C=N–C) groups is 1. The van der Waals surface area contributed by atoms with E-state index in [4.69, 9.17) is 5.11 Å². The molecule has 0 saturated carbocycles. The highest BCUT2D eigenvalue weighted by molar-refractivity contribution is 6.15. The fourth-order valence-electron chi connectivity index (χ4n) is 1.88. The minimum Gasteiger partial charge on any atom is -0.510 e. The summed E-state index contributed by atoms with van der Waals surface area (Å²) in [4.78, 5) is 26.0. The third-order valence-electron chi connectivity index (χ3n) is 2.61. The van der Waals surface area contributed by atoms with Crippen molar-refractivity contribution in [2.24, 2.45) is 16.3 Å². The monoisotopic (exact) mass is 225 g/mol. The van der Waals surface area contributed by atoms with Gasteiger partial charge in [-0.05, 0) is 19.3 Å². The van der Waals surface area contributed by atoms with E-state index >= 15 is 0 Å². The number of aliphatic hydroxyl groups is 1. The molecule has 1 heterocycles. The zero-order valence-corrected chi connectivity index (χ0v) is 9.52. The van der Waals surface area contributed by atoms with Crippen LogP contribution in [-0.4, -0.2) is 28.3 Å². The molecule has 16 heavy (non-hydrogen) atoms. The molecule has 1 aliphatic rings. The van der Waals surface area contributed by atoms with E-state index in [-0.39, 0.29) is 11.5 Å². The van der Waals surface area contributed by atoms with E-state index in [0.29, 0.717) is 6.42 Å². The Morgan fingerprint density at radius 3 is 2.56 bits per heavy atom. The lowest BCUT2D eigenvalue weighted by molar-refractivity contribution is -0.132. The molecule has 1 rings (SSSR count). The van der Waals surface area contributed by atoms with Crippen molar-refractivity contribution in [3.05, 3.63) is 11.3 Å². The second kappa shape index (κ2) is 4.08. The SMILES string of the molecule is CC(C)CC1(C)C(=O)N=CC(C(=O)O)=C1O. The number of rotatable bonds is 3. The number of aliphatic carboxylic acids is 1. The molecule has 1 aliphatic heterocycles. The first-order valence-electron chi connectivity index (χ1n) is 5.04. The summed E-state index contributed by atoms with van der Waals surface area (Å²) in [6.07, 6.45) is 1.27. The van der Waals surface area contributed by atoms with Gasteiger partial charge in [-0.1, -0.05) is 13.8 Å². The highest BCUT2D eigenvalue weighted by atomic mass is 16.4. The molecule has 0 radical (unpaired) electrons. The molecular formula is C11H15NO4. The van der Waals surface area contributed by atoms with Crippen LogP contribution in [0.1, 0.15) is 27.2 Å². The van der Waals surface area contributed by atoms with Crippen LogP contribution in [0.15, 0.2) is 16.3 Å². The molecule has 5 nitrogen and oxygen atoms in total. The van der Waals surface area contributed by atoms with Gasteiger partial charge in [0, 0.05) is 6.21 Å². The molecule has 0 aromatic carbocycles. The topological polar surface area (TPSA) is 87.0 Å². The average molecular weight is 225 g/mol. The summed E-state index contributed by atoms with van der Waals surface area (Å²) in [5.74, 6) is -2.01. The summed E-state index contributed by atoms with van der Waals surface area (Å²) in [7, 11) is 0. The van der Waals surface area contributed by atoms with Crippen molar-refractivity contribution in [3.8, 4) is 0 Å². The predicted octanol–water partition coefficient (Wildman–Crippen LogP) is 1.55. The van der Waals surface area contributed by atoms with E-state index in [9.17, 15) is 14.7 Å². The Balaban J connectivity index is 3.22. The molecule has 0 aliphatic carbocycles. The second-order valence-electron chi connectivity index (χ2n) is 4.56. The Morgan fingerprint density at radius 2 is 2.12 bits per heavy atom. The molecule has 1 unspecified atom stereocenters. The number of carbonyl (C=O) groups is 2. The smallest absolute Gasteiger partial charge is 0.340 e. The van der Waals surface area contributed by atoms with Crippen molar-refractivity contribution in [3.63, 3.8) is 0 Å². The molecule has 0 spiro atoms. The maximum absolute atomic E-state index is 11.6. The molecule has 0 aromatic rings. The van der Waals surface area contributed by atoms with Crippen molar-refractivity contribution < 1.29 is 19.8 Å². The van der Waals surface area contributed by atoms with Crippen molar-refractivity contribution in [1.29, 1.82) is 0 Å². The van der Waals surface area contributed by atoms with Crippen LogP contribution in [0.25, 0.3) is 0 Å². The van der Waals surface area contributed by atoms with E-state index in [0.717, 1.165) is 6.21 Å². The Kier molecular flexibility index (Phi) is 3.16. The first-order valence-corrected chi connectivity index (χ1v) is 5.04. The van der Waals surface area contributed by atoms with Gasteiger partial charge in [-0.15, -0.1) is 0 Å². The van der Waals surface area contributed by atoms with Crippen LogP contribution in [0.2, 0.25) is 0 Å². The number of hydrogen-bond acceptors (Lipinski definition) is 3. The summed E-state index contributed by atoms with van der Waals surface area (Å²) in [5, 5.41) is 18.7. The van der Waals surface area contributed by atoms with Gasteiger partial charge in [0.2, 0.25) is 0 Å². The van der Waals surface area contributed by atoms with Gasteiger partial charge in [-0.2, -0.15) is 0 Å². The van der Waals surface area contributed by atoms with E-state index in [1.165, 1.54) is 6.92 Å². The molecular weight excluding hydrogens is 210 g/mol. The van der Waals surface area contributed by atoms with Gasteiger partial charge in [-0.3, -0.25) is 4.79 Å². The van der Waals surface area contributed by atoms with Gasteiger partial charge in [0.15, 0.2) is 0 Å². The summed E-state index contributed by atoms with van der Waals surface area (Å²) >= 11 is 0. The molecule has 1 atom stereocenters. The van der Waals surface area contributed by atoms with Crippen LogP contribution in [0.5, 0.6) is 0 Å². The number of hydrogen-bond donors (Lipinski definition) is 2. The molecule has 0 fully saturated rings. The highest BCUT2D eigenvalue weighted by Crippen LogP contribution is 2.37. The van der Waals surface area contributed by atoms with Gasteiger partial charge in [0.05, 0.1) is 0 Å². The molecule has 1 amide bonds. The second-order valence-corrected chi connectivity index (χ2v) is 4.56. The molecule has 88 valence electrons. The maximum atomic E-state index is 11.6. The number of carboxylic acids is 1. The number of carbonyl (C=O) groups excluding carboxylic acids is 1. The Labute approximate surface area is 93.5 Å². The number of dihydropyridines is 1. The summed E-state index contributed by atoms with van der Waals surface area (Å²) < 4.78 is 0. The number of nitrogens with zero attached hydrogens (tertiary/aromatic N) is 1. The summed E-state index contributed by atoms with van der Waals surface area (Å²) in [6, 6.07) is 0. The van der Waals surface area contributed by atoms with Gasteiger partial charge in [-0.25, -0.2) is 9.79 Å². The van der Waals surface area contributed by atoms with Gasteiger partial charge >= 0.3 is 5.97 Å². The lowest BCUT2D eigenvalue weighted by Crippen LogP contribution is -2.35. The molecule has 0 aromatic heterocycles. The Morgan fingerprint density at radius 1 is 1.56 bits per heavy atom. The van der Waals surface area contributed by atoms with E-state index in [2.05, 4.69) is 4.99 Å². The first-order chi connectivity index (χ1) is 7.29. The fourth-order valence-corrected chi connectivity index (χ4v) is 1.88. The minimum atomic E-state index is -1.27. The normalized spacial score (nSPS) is 25.4. The lowest BCUT2D eigenvalue weighted by atomic mass is 9.77. The van der Waals surface area contributed by atoms with Crippen LogP contribution in [0, 0.1) is 11.3 Å². The standard InChI is InChI=1S/C11H15NO4/c1-6(2)4-11(3)8(13)7(9(14)15)5-12-10(11)16/h5-6,13H,4H2,1-3H3,(H,14,15). The van der Waals surface area contributed by atoms with E-state index in [1.54, 1.807) is 0 Å². The average Bonchev–Trinajstić information content (AvgIpc) is 2.13. The fraction of sp³-hybridized carbons (Fsp3) is 0.545. The number of amides is 1. The van der Waals surface area contributed by atoms with Crippen LogP contribution >= 0.6 is 0 Å². The van der Waals surface area contributed by atoms with Crippen LogP contribution in [0.3, 0.4) is 0 Å². The largest absolute Gasteiger partial charge is 0.510 e. The number of aliphatic hydroxyl groups excluding tert-OH is 1. The third-order valence-corrected chi connectivity index (χ3v) is 2.61. The lowest BCUT2D eigenvalue weighted by Gasteiger charge is -2.29. The van der Waals surface area contributed by atoms with E-state index in [1.807, 2.05) is 13.8 Å². The van der Waals surface area contributed by atoms with Gasteiger partial charge < -0.3 is 10.2 Å². The van der Waals surface area contributed by atoms with Crippen molar-refractivity contribution in [2.75, 3.05) is 0 Å². The molecule has 5 heteroatoms. The quantitative estimate of drug-likeness (QED) is 0.762. The Bertz CT molecular complexity index is 395. The van der Waals surface area contributed by atoms with Crippen molar-refractivity contribution in [1.82, 2.24) is 0 Å². The minimum absolute atomic E-state index is 0.152. The van der Waals surface area contributed by atoms with Gasteiger partial charge in [0.25, 0.3) is 5.91 Å². The first kappa shape index (κ1) is 12.4. The molecule has 0 bridgehead atoms. The predicted molar refractivity (Wildman–Crippen MR) is 58.4 cm³/mol. The van der Waals surface area contributed by atoms with Crippen LogP contribution < -0.4 is 0 Å². The van der Waals surface area contributed by atoms with Crippen molar-refractivity contribution in [2.45, 2.75) is 27.2 Å². The van der Waals surface area contributed by atoms with Gasteiger partial charge in [0.1, 0.15) is 16.7 Å². The number of carboxylic acid groups (broad SMARTS) is 1. The summed E-state index contributed by atoms with van der Waals surface area (Å²) in [5.41, 5.74) is -1.51. The maximum Gasteiger partial charge on any atom is 0.340 e. The Hall–Kier alpha value is -1.65. The zero-order valence-electron chi connectivity index (χ0n) is 9.52.